The number of non-ortho nitro benzene ring substituents is 1. The van der Waals surface area contributed by atoms with Crippen LogP contribution in [0, 0.1) is 14.9 Å². The molecule has 0 unspecified atom stereocenters. The van der Waals surface area contributed by atoms with Crippen molar-refractivity contribution in [2.24, 2.45) is 0 Å². The standard InChI is InChI=1S/C16H18ClN5O3S/c1-2-21-14(18-19-16(21)26)10-5-7-20(8-6-10)15(23)12-4-3-11(22(24)25)9-13(12)17/h3-4,9-10H,2,5-8H2,1H3,(H,19,26). The van der Waals surface area contributed by atoms with E-state index in [2.05, 4.69) is 10.2 Å². The first-order valence-electron chi connectivity index (χ1n) is 8.30. The minimum absolute atomic E-state index is 0.0956. The molecule has 0 atom stereocenters. The van der Waals surface area contributed by atoms with Gasteiger partial charge in [-0.1, -0.05) is 11.6 Å². The number of nitrogens with one attached hydrogen (secondary N) is 1. The molecule has 1 aliphatic heterocycles. The van der Waals surface area contributed by atoms with Gasteiger partial charge < -0.3 is 9.47 Å². The van der Waals surface area contributed by atoms with Crippen LogP contribution in [-0.4, -0.2) is 43.6 Å². The summed E-state index contributed by atoms with van der Waals surface area (Å²) in [7, 11) is 0. The first kappa shape index (κ1) is 18.5. The van der Waals surface area contributed by atoms with Crippen LogP contribution in [0.3, 0.4) is 0 Å². The second kappa shape index (κ2) is 7.55. The van der Waals surface area contributed by atoms with Crippen LogP contribution in [0.15, 0.2) is 18.2 Å². The van der Waals surface area contributed by atoms with Crippen molar-refractivity contribution in [3.63, 3.8) is 0 Å². The molecule has 1 aromatic carbocycles. The normalized spacial score (nSPS) is 15.2. The Bertz CT molecular complexity index is 902. The summed E-state index contributed by atoms with van der Waals surface area (Å²) < 4.78 is 2.59. The van der Waals surface area contributed by atoms with Crippen molar-refractivity contribution in [3.8, 4) is 0 Å². The fraction of sp³-hybridized carbons (Fsp3) is 0.438. The van der Waals surface area contributed by atoms with Gasteiger partial charge in [-0.2, -0.15) is 5.10 Å². The van der Waals surface area contributed by atoms with Crippen LogP contribution >= 0.6 is 23.8 Å². The highest BCUT2D eigenvalue weighted by atomic mass is 35.5. The summed E-state index contributed by atoms with van der Waals surface area (Å²) in [5.41, 5.74) is 0.152. The fourth-order valence-corrected chi connectivity index (χ4v) is 3.77. The first-order chi connectivity index (χ1) is 12.4. The largest absolute Gasteiger partial charge is 0.339 e. The minimum Gasteiger partial charge on any atom is -0.339 e. The van der Waals surface area contributed by atoms with E-state index >= 15 is 0 Å². The Balaban J connectivity index is 1.71. The SMILES string of the molecule is CCn1c(C2CCN(C(=O)c3ccc([N+](=O)[O-])cc3Cl)CC2)n[nH]c1=S. The number of rotatable bonds is 4. The molecule has 0 spiro atoms. The molecular weight excluding hydrogens is 378 g/mol. The number of carbonyl (C=O) groups excluding carboxylic acids is 1. The molecule has 0 aliphatic carbocycles. The monoisotopic (exact) mass is 395 g/mol. The highest BCUT2D eigenvalue weighted by Crippen LogP contribution is 2.29. The topological polar surface area (TPSA) is 97.1 Å². The van der Waals surface area contributed by atoms with Crippen molar-refractivity contribution in [2.45, 2.75) is 32.2 Å². The third-order valence-corrected chi connectivity index (χ3v) is 5.27. The summed E-state index contributed by atoms with van der Waals surface area (Å²) in [5, 5.41) is 18.1. The number of nitro groups is 1. The van der Waals surface area contributed by atoms with Gasteiger partial charge in [-0.25, -0.2) is 0 Å². The average molecular weight is 396 g/mol. The van der Waals surface area contributed by atoms with Gasteiger partial charge in [0.1, 0.15) is 5.82 Å². The van der Waals surface area contributed by atoms with Crippen LogP contribution in [0.5, 0.6) is 0 Å². The van der Waals surface area contributed by atoms with Crippen molar-refractivity contribution in [2.75, 3.05) is 13.1 Å². The number of H-pyrrole nitrogens is 1. The maximum atomic E-state index is 12.7. The number of likely N-dealkylation sites (tertiary alicyclic amines) is 1. The Kier molecular flexibility index (Phi) is 5.38. The van der Waals surface area contributed by atoms with Crippen LogP contribution < -0.4 is 0 Å². The summed E-state index contributed by atoms with van der Waals surface area (Å²) in [6.45, 7) is 3.91. The minimum atomic E-state index is -0.536. The summed E-state index contributed by atoms with van der Waals surface area (Å²) >= 11 is 11.3. The summed E-state index contributed by atoms with van der Waals surface area (Å²) in [4.78, 5) is 24.7. The number of amides is 1. The lowest BCUT2D eigenvalue weighted by Gasteiger charge is -2.31. The number of carbonyl (C=O) groups is 1. The molecule has 0 radical (unpaired) electrons. The molecule has 1 aromatic heterocycles. The van der Waals surface area contributed by atoms with Crippen molar-refractivity contribution in [1.82, 2.24) is 19.7 Å². The van der Waals surface area contributed by atoms with E-state index in [0.29, 0.717) is 17.9 Å². The van der Waals surface area contributed by atoms with Gasteiger partial charge in [-0.15, -0.1) is 0 Å². The third kappa shape index (κ3) is 3.49. The van der Waals surface area contributed by atoms with Gasteiger partial charge in [-0.05, 0) is 38.0 Å². The molecule has 1 N–H and O–H groups in total. The predicted octanol–water partition coefficient (Wildman–Crippen LogP) is 3.54. The summed E-state index contributed by atoms with van der Waals surface area (Å²) in [5.74, 6) is 0.954. The molecule has 0 bridgehead atoms. The van der Waals surface area contributed by atoms with E-state index in [0.717, 1.165) is 25.2 Å². The van der Waals surface area contributed by atoms with Crippen molar-refractivity contribution in [1.29, 1.82) is 0 Å². The number of hydrogen-bond donors (Lipinski definition) is 1. The first-order valence-corrected chi connectivity index (χ1v) is 9.09. The number of nitro benzene ring substituents is 1. The molecule has 0 saturated carbocycles. The van der Waals surface area contributed by atoms with E-state index in [1.165, 1.54) is 18.2 Å². The average Bonchev–Trinajstić information content (AvgIpc) is 3.01. The second-order valence-electron chi connectivity index (χ2n) is 6.12. The zero-order chi connectivity index (χ0) is 18.8. The van der Waals surface area contributed by atoms with Crippen LogP contribution in [0.1, 0.15) is 41.9 Å². The second-order valence-corrected chi connectivity index (χ2v) is 6.91. The maximum absolute atomic E-state index is 12.7. The zero-order valence-corrected chi connectivity index (χ0v) is 15.7. The van der Waals surface area contributed by atoms with Crippen LogP contribution in [0.25, 0.3) is 0 Å². The zero-order valence-electron chi connectivity index (χ0n) is 14.1. The number of aromatic amines is 1. The number of benzene rings is 1. The Morgan fingerprint density at radius 3 is 2.73 bits per heavy atom. The maximum Gasteiger partial charge on any atom is 0.270 e. The van der Waals surface area contributed by atoms with Crippen molar-refractivity contribution in [3.05, 3.63) is 49.5 Å². The Morgan fingerprint density at radius 2 is 2.15 bits per heavy atom. The van der Waals surface area contributed by atoms with Crippen molar-refractivity contribution < 1.29 is 9.72 Å². The molecule has 26 heavy (non-hydrogen) atoms. The molecule has 8 nitrogen and oxygen atoms in total. The smallest absolute Gasteiger partial charge is 0.270 e. The van der Waals surface area contributed by atoms with E-state index in [4.69, 9.17) is 23.8 Å². The molecule has 1 amide bonds. The van der Waals surface area contributed by atoms with Crippen LogP contribution in [0.2, 0.25) is 5.02 Å². The van der Waals surface area contributed by atoms with Gasteiger partial charge in [0, 0.05) is 37.7 Å². The van der Waals surface area contributed by atoms with E-state index in [9.17, 15) is 14.9 Å². The van der Waals surface area contributed by atoms with Gasteiger partial charge in [0.25, 0.3) is 11.6 Å². The molecule has 2 aromatic rings. The van der Waals surface area contributed by atoms with Gasteiger partial charge in [-0.3, -0.25) is 20.0 Å². The van der Waals surface area contributed by atoms with Gasteiger partial charge in [0.2, 0.25) is 0 Å². The number of piperidine rings is 1. The lowest BCUT2D eigenvalue weighted by atomic mass is 9.95. The molecule has 1 aliphatic rings. The quantitative estimate of drug-likeness (QED) is 0.485. The van der Waals surface area contributed by atoms with E-state index in [-0.39, 0.29) is 28.1 Å². The molecular formula is C16H18ClN5O3S. The van der Waals surface area contributed by atoms with E-state index in [1.807, 2.05) is 11.5 Å². The van der Waals surface area contributed by atoms with Crippen molar-refractivity contribution >= 4 is 35.4 Å². The van der Waals surface area contributed by atoms with Gasteiger partial charge in [0.15, 0.2) is 4.77 Å². The summed E-state index contributed by atoms with van der Waals surface area (Å²) in [6.07, 6.45) is 1.55. The Hall–Kier alpha value is -2.26. The number of nitrogens with zero attached hydrogens (tertiary/aromatic N) is 4. The fourth-order valence-electron chi connectivity index (χ4n) is 3.25. The summed E-state index contributed by atoms with van der Waals surface area (Å²) in [6, 6.07) is 3.92. The molecule has 1 fully saturated rings. The van der Waals surface area contributed by atoms with Crippen LogP contribution in [0.4, 0.5) is 5.69 Å². The highest BCUT2D eigenvalue weighted by Gasteiger charge is 2.28. The van der Waals surface area contributed by atoms with E-state index < -0.39 is 4.92 Å². The molecule has 1 saturated heterocycles. The molecule has 2 heterocycles. The number of aromatic nitrogens is 3. The number of halogens is 1. The van der Waals surface area contributed by atoms with E-state index in [1.54, 1.807) is 4.90 Å². The highest BCUT2D eigenvalue weighted by molar-refractivity contribution is 7.71. The molecule has 3 rings (SSSR count). The molecule has 10 heteroatoms. The van der Waals surface area contributed by atoms with Gasteiger partial charge in [0.05, 0.1) is 15.5 Å². The van der Waals surface area contributed by atoms with Crippen LogP contribution in [-0.2, 0) is 6.54 Å². The lowest BCUT2D eigenvalue weighted by molar-refractivity contribution is -0.384. The van der Waals surface area contributed by atoms with Gasteiger partial charge >= 0.3 is 0 Å². The number of hydrogen-bond acceptors (Lipinski definition) is 5. The lowest BCUT2D eigenvalue weighted by Crippen LogP contribution is -2.38. The predicted molar refractivity (Wildman–Crippen MR) is 99.1 cm³/mol. The Morgan fingerprint density at radius 1 is 1.46 bits per heavy atom. The molecule has 138 valence electrons. The Labute approximate surface area is 159 Å². The third-order valence-electron chi connectivity index (χ3n) is 4.65.